The average molecular weight is 305 g/mol. The van der Waals surface area contributed by atoms with Gasteiger partial charge in [0.05, 0.1) is 11.4 Å². The fraction of sp³-hybridized carbons (Fsp3) is 0.111. The first-order chi connectivity index (χ1) is 11.1. The van der Waals surface area contributed by atoms with Gasteiger partial charge < -0.3 is 9.52 Å². The molecule has 2 heterocycles. The second-order valence-corrected chi connectivity index (χ2v) is 5.57. The number of nitrogens with one attached hydrogen (secondary N) is 1. The number of H-pyrrole nitrogens is 1. The molecular weight excluding hydrogens is 290 g/mol. The van der Waals surface area contributed by atoms with Crippen molar-refractivity contribution in [1.29, 1.82) is 0 Å². The van der Waals surface area contributed by atoms with Crippen LogP contribution < -0.4 is 0 Å². The minimum atomic E-state index is 0.230. The lowest BCUT2D eigenvalue weighted by Crippen LogP contribution is -1.80. The largest absolute Gasteiger partial charge is 0.507 e. The number of aromatic amines is 1. The van der Waals surface area contributed by atoms with Crippen molar-refractivity contribution in [2.75, 3.05) is 0 Å². The molecule has 0 saturated carbocycles. The fourth-order valence-electron chi connectivity index (χ4n) is 2.73. The van der Waals surface area contributed by atoms with Crippen LogP contribution >= 0.6 is 0 Å². The maximum absolute atomic E-state index is 10.1. The first-order valence-corrected chi connectivity index (χ1v) is 7.34. The van der Waals surface area contributed by atoms with E-state index >= 15 is 0 Å². The van der Waals surface area contributed by atoms with Gasteiger partial charge in [-0.15, -0.1) is 0 Å². The molecule has 4 rings (SSSR count). The highest BCUT2D eigenvalue weighted by Gasteiger charge is 2.14. The van der Waals surface area contributed by atoms with E-state index in [0.29, 0.717) is 5.89 Å². The molecule has 114 valence electrons. The Labute approximate surface area is 132 Å². The number of phenols is 1. The number of aromatic nitrogens is 3. The standard InChI is InChI=1S/C18H15N3O2/c1-10-6-7-12(17(22)8-10)15-9-16(21-20-15)13-4-3-5-14-18(13)23-11(2)19-14/h3-9,22H,1-2H3,(H,20,21). The summed E-state index contributed by atoms with van der Waals surface area (Å²) in [6.45, 7) is 3.76. The van der Waals surface area contributed by atoms with Gasteiger partial charge in [-0.25, -0.2) is 4.98 Å². The molecule has 0 radical (unpaired) electrons. The molecule has 0 saturated heterocycles. The van der Waals surface area contributed by atoms with E-state index < -0.39 is 0 Å². The minimum absolute atomic E-state index is 0.230. The zero-order chi connectivity index (χ0) is 16.0. The first kappa shape index (κ1) is 13.6. The Bertz CT molecular complexity index is 1010. The van der Waals surface area contributed by atoms with Gasteiger partial charge in [-0.05, 0) is 42.8 Å². The number of benzene rings is 2. The van der Waals surface area contributed by atoms with Gasteiger partial charge in [0.25, 0.3) is 0 Å². The molecule has 0 bridgehead atoms. The fourth-order valence-corrected chi connectivity index (χ4v) is 2.73. The zero-order valence-electron chi connectivity index (χ0n) is 12.8. The van der Waals surface area contributed by atoms with Crippen LogP contribution in [0.5, 0.6) is 5.75 Å². The van der Waals surface area contributed by atoms with Gasteiger partial charge >= 0.3 is 0 Å². The number of rotatable bonds is 2. The molecule has 4 aromatic rings. The van der Waals surface area contributed by atoms with Crippen LogP contribution in [0.3, 0.4) is 0 Å². The lowest BCUT2D eigenvalue weighted by atomic mass is 10.1. The van der Waals surface area contributed by atoms with Gasteiger partial charge in [0.1, 0.15) is 11.3 Å². The predicted molar refractivity (Wildman–Crippen MR) is 88.2 cm³/mol. The Morgan fingerprint density at radius 2 is 1.91 bits per heavy atom. The molecule has 0 unspecified atom stereocenters. The number of aromatic hydroxyl groups is 1. The maximum atomic E-state index is 10.1. The van der Waals surface area contributed by atoms with Gasteiger partial charge in [0, 0.05) is 18.1 Å². The van der Waals surface area contributed by atoms with Crippen molar-refractivity contribution in [3.63, 3.8) is 0 Å². The molecule has 5 nitrogen and oxygen atoms in total. The van der Waals surface area contributed by atoms with Crippen molar-refractivity contribution in [3.8, 4) is 28.3 Å². The van der Waals surface area contributed by atoms with Crippen molar-refractivity contribution >= 4 is 11.1 Å². The molecular formula is C18H15N3O2. The summed E-state index contributed by atoms with van der Waals surface area (Å²) in [7, 11) is 0. The number of phenolic OH excluding ortho intramolecular Hbond substituents is 1. The van der Waals surface area contributed by atoms with Crippen molar-refractivity contribution in [1.82, 2.24) is 15.2 Å². The van der Waals surface area contributed by atoms with Gasteiger partial charge in [-0.3, -0.25) is 5.10 Å². The van der Waals surface area contributed by atoms with E-state index in [1.54, 1.807) is 6.07 Å². The Hall–Kier alpha value is -3.08. The highest BCUT2D eigenvalue weighted by atomic mass is 16.3. The molecule has 0 atom stereocenters. The third-order valence-corrected chi connectivity index (χ3v) is 3.82. The summed E-state index contributed by atoms with van der Waals surface area (Å²) >= 11 is 0. The number of aryl methyl sites for hydroxylation is 2. The number of para-hydroxylation sites is 1. The third kappa shape index (κ3) is 2.26. The summed E-state index contributed by atoms with van der Waals surface area (Å²) in [4.78, 5) is 4.34. The zero-order valence-corrected chi connectivity index (χ0v) is 12.8. The van der Waals surface area contributed by atoms with Crippen LogP contribution in [-0.4, -0.2) is 20.3 Å². The van der Waals surface area contributed by atoms with E-state index in [4.69, 9.17) is 4.42 Å². The summed E-state index contributed by atoms with van der Waals surface area (Å²) in [6.07, 6.45) is 0. The Morgan fingerprint density at radius 3 is 2.74 bits per heavy atom. The summed E-state index contributed by atoms with van der Waals surface area (Å²) in [5.41, 5.74) is 5.63. The minimum Gasteiger partial charge on any atom is -0.507 e. The van der Waals surface area contributed by atoms with Crippen molar-refractivity contribution < 1.29 is 9.52 Å². The summed E-state index contributed by atoms with van der Waals surface area (Å²) in [5, 5.41) is 17.5. The molecule has 0 aliphatic rings. The number of hydrogen-bond donors (Lipinski definition) is 2. The average Bonchev–Trinajstić information content (AvgIpc) is 3.12. The highest BCUT2D eigenvalue weighted by Crippen LogP contribution is 2.33. The Balaban J connectivity index is 1.83. The van der Waals surface area contributed by atoms with Crippen LogP contribution in [0.2, 0.25) is 0 Å². The quantitative estimate of drug-likeness (QED) is 0.582. The molecule has 0 amide bonds. The van der Waals surface area contributed by atoms with Gasteiger partial charge in [0.2, 0.25) is 0 Å². The first-order valence-electron chi connectivity index (χ1n) is 7.34. The van der Waals surface area contributed by atoms with Gasteiger partial charge in [-0.2, -0.15) is 5.10 Å². The molecule has 0 spiro atoms. The highest BCUT2D eigenvalue weighted by molar-refractivity contribution is 5.90. The van der Waals surface area contributed by atoms with E-state index in [9.17, 15) is 5.11 Å². The van der Waals surface area contributed by atoms with Crippen LogP contribution in [0.15, 0.2) is 46.9 Å². The van der Waals surface area contributed by atoms with Crippen molar-refractivity contribution in [3.05, 3.63) is 53.9 Å². The smallest absolute Gasteiger partial charge is 0.192 e. The van der Waals surface area contributed by atoms with Crippen LogP contribution in [-0.2, 0) is 0 Å². The molecule has 23 heavy (non-hydrogen) atoms. The predicted octanol–water partition coefficient (Wildman–Crippen LogP) is 4.21. The third-order valence-electron chi connectivity index (χ3n) is 3.82. The van der Waals surface area contributed by atoms with Crippen LogP contribution in [0, 0.1) is 13.8 Å². The number of hydrogen-bond acceptors (Lipinski definition) is 4. The van der Waals surface area contributed by atoms with E-state index in [0.717, 1.165) is 39.2 Å². The number of oxazole rings is 1. The number of fused-ring (bicyclic) bond motifs is 1. The van der Waals surface area contributed by atoms with Crippen LogP contribution in [0.25, 0.3) is 33.6 Å². The Kier molecular flexibility index (Phi) is 2.94. The van der Waals surface area contributed by atoms with Crippen molar-refractivity contribution in [2.24, 2.45) is 0 Å². The molecule has 2 N–H and O–H groups in total. The summed E-state index contributed by atoms with van der Waals surface area (Å²) < 4.78 is 5.69. The molecule has 0 fully saturated rings. The molecule has 2 aromatic carbocycles. The van der Waals surface area contributed by atoms with Gasteiger partial charge in [0.15, 0.2) is 11.5 Å². The van der Waals surface area contributed by atoms with E-state index in [2.05, 4.69) is 15.2 Å². The second-order valence-electron chi connectivity index (χ2n) is 5.57. The lowest BCUT2D eigenvalue weighted by molar-refractivity contribution is 0.476. The summed E-state index contributed by atoms with van der Waals surface area (Å²) in [6, 6.07) is 13.2. The topological polar surface area (TPSA) is 74.9 Å². The summed E-state index contributed by atoms with van der Waals surface area (Å²) in [5.74, 6) is 0.855. The van der Waals surface area contributed by atoms with E-state index in [1.165, 1.54) is 0 Å². The van der Waals surface area contributed by atoms with E-state index in [-0.39, 0.29) is 5.75 Å². The lowest BCUT2D eigenvalue weighted by Gasteiger charge is -2.02. The van der Waals surface area contributed by atoms with Crippen LogP contribution in [0.4, 0.5) is 0 Å². The normalized spacial score (nSPS) is 11.2. The maximum Gasteiger partial charge on any atom is 0.192 e. The monoisotopic (exact) mass is 305 g/mol. The SMILES string of the molecule is Cc1ccc(-c2cc(-c3cccc4nc(C)oc34)n[nH]2)c(O)c1. The number of nitrogens with zero attached hydrogens (tertiary/aromatic N) is 2. The van der Waals surface area contributed by atoms with Gasteiger partial charge in [-0.1, -0.05) is 12.1 Å². The molecule has 5 heteroatoms. The van der Waals surface area contributed by atoms with E-state index in [1.807, 2.05) is 50.2 Å². The van der Waals surface area contributed by atoms with Crippen LogP contribution in [0.1, 0.15) is 11.5 Å². The second kappa shape index (κ2) is 4.98. The molecule has 2 aromatic heterocycles. The Morgan fingerprint density at radius 1 is 1.04 bits per heavy atom. The molecule has 0 aliphatic heterocycles. The molecule has 0 aliphatic carbocycles. The van der Waals surface area contributed by atoms with Crippen molar-refractivity contribution in [2.45, 2.75) is 13.8 Å².